The summed E-state index contributed by atoms with van der Waals surface area (Å²) in [6, 6.07) is 18.4. The number of methoxy groups -OCH3 is 1. The van der Waals surface area contributed by atoms with Crippen molar-refractivity contribution in [2.75, 3.05) is 12.0 Å². The fourth-order valence-corrected chi connectivity index (χ4v) is 5.04. The van der Waals surface area contributed by atoms with Gasteiger partial charge < -0.3 is 24.5 Å². The van der Waals surface area contributed by atoms with Crippen molar-refractivity contribution in [3.05, 3.63) is 100.0 Å². The molecule has 0 amide bonds. The number of halogens is 2. The molecule has 0 bridgehead atoms. The van der Waals surface area contributed by atoms with Crippen LogP contribution in [0.5, 0.6) is 5.75 Å². The Morgan fingerprint density at radius 3 is 2.64 bits per heavy atom. The van der Waals surface area contributed by atoms with Gasteiger partial charge in [-0.1, -0.05) is 29.3 Å². The van der Waals surface area contributed by atoms with Gasteiger partial charge in [0.05, 0.1) is 34.5 Å². The number of anilines is 1. The highest BCUT2D eigenvalue weighted by molar-refractivity contribution is 7.80. The van der Waals surface area contributed by atoms with Crippen molar-refractivity contribution in [1.82, 2.24) is 10.3 Å². The van der Waals surface area contributed by atoms with Gasteiger partial charge in [0.2, 0.25) is 0 Å². The molecule has 1 saturated heterocycles. The van der Waals surface area contributed by atoms with Crippen molar-refractivity contribution < 1.29 is 19.1 Å². The van der Waals surface area contributed by atoms with E-state index in [-0.39, 0.29) is 11.6 Å². The second kappa shape index (κ2) is 9.81. The van der Waals surface area contributed by atoms with Gasteiger partial charge in [0.15, 0.2) is 5.11 Å². The molecular formula is C26H19Cl2N3O4S. The van der Waals surface area contributed by atoms with E-state index in [0.717, 1.165) is 11.4 Å². The SMILES string of the molecule is COc1ccc(N2C(=S)N[C@@H](c3ccccn3)[C@@H]2c2ccc(-c3cc(C(=O)O)ccc3Cl)o2)cc1Cl. The molecule has 3 heterocycles. The number of carbonyl (C=O) groups is 1. The molecule has 2 aromatic carbocycles. The minimum Gasteiger partial charge on any atom is -0.495 e. The van der Waals surface area contributed by atoms with E-state index in [0.29, 0.717) is 38.0 Å². The number of pyridine rings is 1. The van der Waals surface area contributed by atoms with Gasteiger partial charge >= 0.3 is 5.97 Å². The molecule has 0 saturated carbocycles. The number of furan rings is 1. The summed E-state index contributed by atoms with van der Waals surface area (Å²) in [6.45, 7) is 0. The molecule has 2 N–H and O–H groups in total. The molecule has 2 aromatic heterocycles. The van der Waals surface area contributed by atoms with Gasteiger partial charge in [0, 0.05) is 17.4 Å². The molecule has 0 radical (unpaired) electrons. The van der Waals surface area contributed by atoms with Crippen molar-refractivity contribution in [3.8, 4) is 17.1 Å². The van der Waals surface area contributed by atoms with Crippen LogP contribution in [0.15, 0.2) is 77.3 Å². The maximum absolute atomic E-state index is 11.5. The Kier molecular flexibility index (Phi) is 6.57. The van der Waals surface area contributed by atoms with E-state index in [1.54, 1.807) is 31.5 Å². The number of thiocarbonyl (C=S) groups is 1. The molecule has 1 fully saturated rings. The number of hydrogen-bond donors (Lipinski definition) is 2. The van der Waals surface area contributed by atoms with E-state index in [4.69, 9.17) is 44.6 Å². The molecule has 36 heavy (non-hydrogen) atoms. The van der Waals surface area contributed by atoms with Crippen molar-refractivity contribution in [1.29, 1.82) is 0 Å². The third-order valence-electron chi connectivity index (χ3n) is 5.91. The smallest absolute Gasteiger partial charge is 0.335 e. The van der Waals surface area contributed by atoms with Crippen LogP contribution >= 0.6 is 35.4 Å². The number of benzene rings is 2. The van der Waals surface area contributed by atoms with Crippen molar-refractivity contribution in [3.63, 3.8) is 0 Å². The van der Waals surface area contributed by atoms with Gasteiger partial charge in [-0.3, -0.25) is 4.98 Å². The Labute approximate surface area is 222 Å². The van der Waals surface area contributed by atoms with Gasteiger partial charge in [0.25, 0.3) is 0 Å². The summed E-state index contributed by atoms with van der Waals surface area (Å²) in [4.78, 5) is 17.9. The fraction of sp³-hybridized carbons (Fsp3) is 0.115. The third kappa shape index (κ3) is 4.39. The van der Waals surface area contributed by atoms with E-state index < -0.39 is 12.0 Å². The molecule has 182 valence electrons. The first-order valence-electron chi connectivity index (χ1n) is 10.8. The van der Waals surface area contributed by atoms with Gasteiger partial charge in [-0.25, -0.2) is 4.79 Å². The van der Waals surface area contributed by atoms with Crippen molar-refractivity contribution >= 4 is 52.2 Å². The predicted octanol–water partition coefficient (Wildman–Crippen LogP) is 6.53. The van der Waals surface area contributed by atoms with Crippen molar-refractivity contribution in [2.45, 2.75) is 12.1 Å². The minimum absolute atomic E-state index is 0.108. The van der Waals surface area contributed by atoms with Gasteiger partial charge in [-0.2, -0.15) is 0 Å². The summed E-state index contributed by atoms with van der Waals surface area (Å²) in [5.41, 5.74) is 2.10. The zero-order valence-corrected chi connectivity index (χ0v) is 21.1. The number of rotatable bonds is 6. The summed E-state index contributed by atoms with van der Waals surface area (Å²) >= 11 is 18.6. The van der Waals surface area contributed by atoms with Crippen LogP contribution in [-0.2, 0) is 0 Å². The summed E-state index contributed by atoms with van der Waals surface area (Å²) in [7, 11) is 1.55. The fourth-order valence-electron chi connectivity index (χ4n) is 4.23. The van der Waals surface area contributed by atoms with Crippen LogP contribution in [0.1, 0.15) is 33.9 Å². The number of aromatic nitrogens is 1. The molecule has 0 spiro atoms. The van der Waals surface area contributed by atoms with E-state index in [2.05, 4.69) is 10.3 Å². The highest BCUT2D eigenvalue weighted by Gasteiger charge is 2.42. The van der Waals surface area contributed by atoms with E-state index >= 15 is 0 Å². The minimum atomic E-state index is -1.05. The van der Waals surface area contributed by atoms with Crippen LogP contribution in [0.4, 0.5) is 5.69 Å². The van der Waals surface area contributed by atoms with Gasteiger partial charge in [0.1, 0.15) is 23.3 Å². The number of carboxylic acid groups (broad SMARTS) is 1. The summed E-state index contributed by atoms with van der Waals surface area (Å²) in [5, 5.41) is 14.1. The Morgan fingerprint density at radius 1 is 1.11 bits per heavy atom. The summed E-state index contributed by atoms with van der Waals surface area (Å²) in [6.07, 6.45) is 1.72. The lowest BCUT2D eigenvalue weighted by molar-refractivity contribution is 0.0697. The Hall–Kier alpha value is -3.59. The highest BCUT2D eigenvalue weighted by Crippen LogP contribution is 2.44. The van der Waals surface area contributed by atoms with Crippen LogP contribution in [0.2, 0.25) is 10.0 Å². The zero-order chi connectivity index (χ0) is 25.4. The van der Waals surface area contributed by atoms with Gasteiger partial charge in [-0.05, 0) is 72.9 Å². The first-order chi connectivity index (χ1) is 17.4. The highest BCUT2D eigenvalue weighted by atomic mass is 35.5. The number of aromatic carboxylic acids is 1. The molecule has 0 aliphatic carbocycles. The maximum Gasteiger partial charge on any atom is 0.335 e. The molecular weight excluding hydrogens is 521 g/mol. The lowest BCUT2D eigenvalue weighted by atomic mass is 10.0. The van der Waals surface area contributed by atoms with Crippen LogP contribution < -0.4 is 15.0 Å². The second-order valence-corrected chi connectivity index (χ2v) is 9.22. The van der Waals surface area contributed by atoms with Crippen molar-refractivity contribution in [2.24, 2.45) is 0 Å². The standard InChI is InChI=1S/C26H19Cl2N3O4S/c1-34-21-8-6-15(13-18(21)28)31-24(23(30-26(31)36)19-4-2-3-11-29-19)22-10-9-20(35-22)16-12-14(25(32)33)5-7-17(16)27/h2-13,23-24H,1H3,(H,30,36)(H,32,33)/t23-,24-/m0/s1. The molecule has 7 nitrogen and oxygen atoms in total. The molecule has 4 aromatic rings. The monoisotopic (exact) mass is 539 g/mol. The lowest BCUT2D eigenvalue weighted by Crippen LogP contribution is -2.29. The Balaban J connectivity index is 1.61. The van der Waals surface area contributed by atoms with Crippen LogP contribution in [0, 0.1) is 0 Å². The maximum atomic E-state index is 11.5. The molecule has 1 aliphatic heterocycles. The molecule has 5 rings (SSSR count). The number of ether oxygens (including phenoxy) is 1. The number of hydrogen-bond acceptors (Lipinski definition) is 5. The molecule has 2 atom stereocenters. The average Bonchev–Trinajstić information content (AvgIpc) is 3.49. The van der Waals surface area contributed by atoms with Gasteiger partial charge in [-0.15, -0.1) is 0 Å². The summed E-state index contributed by atoms with van der Waals surface area (Å²) < 4.78 is 11.6. The quantitative estimate of drug-likeness (QED) is 0.267. The molecule has 1 aliphatic rings. The average molecular weight is 540 g/mol. The van der Waals surface area contributed by atoms with Crippen LogP contribution in [-0.4, -0.2) is 28.3 Å². The van der Waals surface area contributed by atoms with E-state index in [1.165, 1.54) is 18.2 Å². The lowest BCUT2D eigenvalue weighted by Gasteiger charge is -2.26. The largest absolute Gasteiger partial charge is 0.495 e. The Morgan fingerprint density at radius 2 is 1.94 bits per heavy atom. The molecule has 0 unspecified atom stereocenters. The number of carboxylic acids is 1. The zero-order valence-electron chi connectivity index (χ0n) is 18.8. The molecule has 10 heteroatoms. The second-order valence-electron chi connectivity index (χ2n) is 8.02. The van der Waals surface area contributed by atoms with E-state index in [1.807, 2.05) is 35.2 Å². The normalized spacial score (nSPS) is 17.2. The Bertz CT molecular complexity index is 1460. The summed E-state index contributed by atoms with van der Waals surface area (Å²) in [5.74, 6) is 0.507. The van der Waals surface area contributed by atoms with Crippen LogP contribution in [0.25, 0.3) is 11.3 Å². The van der Waals surface area contributed by atoms with E-state index in [9.17, 15) is 9.90 Å². The first-order valence-corrected chi connectivity index (χ1v) is 12.0. The van der Waals surface area contributed by atoms with Crippen LogP contribution in [0.3, 0.4) is 0 Å². The predicted molar refractivity (Wildman–Crippen MR) is 142 cm³/mol. The number of nitrogens with one attached hydrogen (secondary N) is 1. The third-order valence-corrected chi connectivity index (χ3v) is 6.85. The first kappa shape index (κ1) is 24.1. The number of nitrogens with zero attached hydrogens (tertiary/aromatic N) is 2. The topological polar surface area (TPSA) is 87.8 Å².